The Hall–Kier alpha value is -0.980. The molecule has 25 heavy (non-hydrogen) atoms. The van der Waals surface area contributed by atoms with E-state index in [1.54, 1.807) is 0 Å². The molecule has 0 aromatic heterocycles. The Morgan fingerprint density at radius 1 is 1.24 bits per heavy atom. The normalized spacial score (nSPS) is 26.4. The van der Waals surface area contributed by atoms with Crippen molar-refractivity contribution in [3.63, 3.8) is 0 Å². The van der Waals surface area contributed by atoms with Gasteiger partial charge in [-0.1, -0.05) is 30.3 Å². The number of likely N-dealkylation sites (tertiary alicyclic amines) is 1. The molecule has 5 heteroatoms. The molecule has 0 spiro atoms. The lowest BCUT2D eigenvalue weighted by molar-refractivity contribution is -0.0227. The standard InChI is InChI=1S/C20H33N3O2/c1-17(18-6-4-3-5-7-18)23-9-8-19(14-23)21-15-20(2,24)16-22-10-12-25-13-11-22/h3-7,17,19,21,24H,8-16H2,1-2H3. The molecule has 2 aliphatic rings. The van der Waals surface area contributed by atoms with Crippen LogP contribution in [0.1, 0.15) is 31.9 Å². The van der Waals surface area contributed by atoms with Gasteiger partial charge in [0.05, 0.1) is 18.8 Å². The van der Waals surface area contributed by atoms with Crippen molar-refractivity contribution >= 4 is 0 Å². The number of morpholine rings is 1. The minimum absolute atomic E-state index is 0.446. The fraction of sp³-hybridized carbons (Fsp3) is 0.700. The molecule has 1 aromatic carbocycles. The zero-order valence-electron chi connectivity index (χ0n) is 15.7. The summed E-state index contributed by atoms with van der Waals surface area (Å²) in [6, 6.07) is 11.6. The van der Waals surface area contributed by atoms with Gasteiger partial charge < -0.3 is 15.2 Å². The van der Waals surface area contributed by atoms with Crippen LogP contribution in [0.25, 0.3) is 0 Å². The number of hydrogen-bond donors (Lipinski definition) is 2. The van der Waals surface area contributed by atoms with Crippen LogP contribution >= 0.6 is 0 Å². The molecule has 140 valence electrons. The summed E-state index contributed by atoms with van der Waals surface area (Å²) in [6.07, 6.45) is 1.14. The van der Waals surface area contributed by atoms with Gasteiger partial charge in [0.2, 0.25) is 0 Å². The van der Waals surface area contributed by atoms with E-state index >= 15 is 0 Å². The van der Waals surface area contributed by atoms with E-state index in [1.165, 1.54) is 5.56 Å². The molecular weight excluding hydrogens is 314 g/mol. The van der Waals surface area contributed by atoms with Crippen LogP contribution in [0, 0.1) is 0 Å². The Balaban J connectivity index is 1.43. The molecule has 2 saturated heterocycles. The molecule has 5 nitrogen and oxygen atoms in total. The molecule has 2 N–H and O–H groups in total. The van der Waals surface area contributed by atoms with E-state index in [1.807, 2.05) is 6.92 Å². The molecule has 2 fully saturated rings. The van der Waals surface area contributed by atoms with Gasteiger partial charge in [-0.25, -0.2) is 0 Å². The van der Waals surface area contributed by atoms with Gasteiger partial charge in [-0.2, -0.15) is 0 Å². The molecule has 0 saturated carbocycles. The summed E-state index contributed by atoms with van der Waals surface area (Å²) in [6.45, 7) is 11.1. The molecule has 0 bridgehead atoms. The topological polar surface area (TPSA) is 48.0 Å². The predicted octanol–water partition coefficient (Wildman–Crippen LogP) is 1.49. The molecule has 2 aliphatic heterocycles. The average molecular weight is 348 g/mol. The first-order valence-electron chi connectivity index (χ1n) is 9.58. The maximum absolute atomic E-state index is 10.7. The van der Waals surface area contributed by atoms with Crippen LogP contribution in [0.5, 0.6) is 0 Å². The summed E-state index contributed by atoms with van der Waals surface area (Å²) in [4.78, 5) is 4.83. The van der Waals surface area contributed by atoms with Crippen molar-refractivity contribution in [3.05, 3.63) is 35.9 Å². The third kappa shape index (κ3) is 5.50. The van der Waals surface area contributed by atoms with Gasteiger partial charge in [-0.05, 0) is 25.8 Å². The summed E-state index contributed by atoms with van der Waals surface area (Å²) < 4.78 is 5.38. The number of nitrogens with zero attached hydrogens (tertiary/aromatic N) is 2. The number of ether oxygens (including phenoxy) is 1. The smallest absolute Gasteiger partial charge is 0.0869 e. The van der Waals surface area contributed by atoms with Gasteiger partial charge >= 0.3 is 0 Å². The van der Waals surface area contributed by atoms with E-state index < -0.39 is 5.60 Å². The lowest BCUT2D eigenvalue weighted by Crippen LogP contribution is -2.52. The van der Waals surface area contributed by atoms with Crippen molar-refractivity contribution in [1.82, 2.24) is 15.1 Å². The first kappa shape index (κ1) is 18.8. The highest BCUT2D eigenvalue weighted by Gasteiger charge is 2.30. The Morgan fingerprint density at radius 3 is 2.68 bits per heavy atom. The number of benzene rings is 1. The van der Waals surface area contributed by atoms with Crippen molar-refractivity contribution in [2.75, 3.05) is 52.5 Å². The molecule has 1 aromatic rings. The number of aliphatic hydroxyl groups is 1. The third-order valence-electron chi connectivity index (χ3n) is 5.49. The van der Waals surface area contributed by atoms with Crippen LogP contribution in [0.2, 0.25) is 0 Å². The third-order valence-corrected chi connectivity index (χ3v) is 5.49. The van der Waals surface area contributed by atoms with Crippen molar-refractivity contribution in [2.24, 2.45) is 0 Å². The zero-order valence-corrected chi connectivity index (χ0v) is 15.7. The van der Waals surface area contributed by atoms with Crippen LogP contribution in [0.4, 0.5) is 0 Å². The first-order valence-corrected chi connectivity index (χ1v) is 9.58. The fourth-order valence-electron chi connectivity index (χ4n) is 3.91. The number of rotatable bonds is 7. The fourth-order valence-corrected chi connectivity index (χ4v) is 3.91. The molecule has 0 radical (unpaired) electrons. The minimum atomic E-state index is -0.699. The second kappa shape index (κ2) is 8.60. The zero-order chi connectivity index (χ0) is 17.7. The van der Waals surface area contributed by atoms with E-state index in [-0.39, 0.29) is 0 Å². The maximum Gasteiger partial charge on any atom is 0.0869 e. The molecule has 3 rings (SSSR count). The largest absolute Gasteiger partial charge is 0.388 e. The van der Waals surface area contributed by atoms with Gasteiger partial charge in [-0.3, -0.25) is 9.80 Å². The SMILES string of the molecule is CC(c1ccccc1)N1CCC(NCC(C)(O)CN2CCOCC2)C1. The van der Waals surface area contributed by atoms with Crippen LogP contribution in [0.15, 0.2) is 30.3 Å². The maximum atomic E-state index is 10.7. The highest BCUT2D eigenvalue weighted by Crippen LogP contribution is 2.24. The lowest BCUT2D eigenvalue weighted by atomic mass is 10.1. The second-order valence-electron chi connectivity index (χ2n) is 7.83. The molecular formula is C20H33N3O2. The molecule has 0 amide bonds. The van der Waals surface area contributed by atoms with Gasteiger partial charge in [-0.15, -0.1) is 0 Å². The van der Waals surface area contributed by atoms with E-state index in [2.05, 4.69) is 52.4 Å². The predicted molar refractivity (Wildman–Crippen MR) is 101 cm³/mol. The summed E-state index contributed by atoms with van der Waals surface area (Å²) in [5.41, 5.74) is 0.679. The van der Waals surface area contributed by atoms with E-state index in [0.717, 1.165) is 45.8 Å². The first-order chi connectivity index (χ1) is 12.0. The van der Waals surface area contributed by atoms with Crippen molar-refractivity contribution in [3.8, 4) is 0 Å². The van der Waals surface area contributed by atoms with E-state index in [0.29, 0.717) is 25.2 Å². The van der Waals surface area contributed by atoms with Crippen LogP contribution < -0.4 is 5.32 Å². The molecule has 0 aliphatic carbocycles. The van der Waals surface area contributed by atoms with Gasteiger partial charge in [0.25, 0.3) is 0 Å². The average Bonchev–Trinajstić information content (AvgIpc) is 3.10. The highest BCUT2D eigenvalue weighted by atomic mass is 16.5. The Kier molecular flexibility index (Phi) is 6.47. The van der Waals surface area contributed by atoms with Gasteiger partial charge in [0.1, 0.15) is 0 Å². The summed E-state index contributed by atoms with van der Waals surface area (Å²) in [5, 5.41) is 14.3. The molecule has 3 atom stereocenters. The Labute approximate surface area is 152 Å². The number of β-amino-alcohol motifs (C(OH)–C–C–N with tert-alkyl or cyclic N) is 1. The summed E-state index contributed by atoms with van der Waals surface area (Å²) in [7, 11) is 0. The van der Waals surface area contributed by atoms with Crippen molar-refractivity contribution in [1.29, 1.82) is 0 Å². The van der Waals surface area contributed by atoms with Gasteiger partial charge in [0, 0.05) is 51.4 Å². The molecule has 2 heterocycles. The van der Waals surface area contributed by atoms with Crippen molar-refractivity contribution < 1.29 is 9.84 Å². The Bertz CT molecular complexity index is 517. The number of nitrogens with one attached hydrogen (secondary N) is 1. The van der Waals surface area contributed by atoms with Crippen LogP contribution in [0.3, 0.4) is 0 Å². The lowest BCUT2D eigenvalue weighted by Gasteiger charge is -2.34. The second-order valence-corrected chi connectivity index (χ2v) is 7.83. The van der Waals surface area contributed by atoms with Crippen molar-refractivity contribution in [2.45, 2.75) is 38.0 Å². The highest BCUT2D eigenvalue weighted by molar-refractivity contribution is 5.18. The minimum Gasteiger partial charge on any atom is -0.388 e. The van der Waals surface area contributed by atoms with Gasteiger partial charge in [0.15, 0.2) is 0 Å². The van der Waals surface area contributed by atoms with Crippen LogP contribution in [-0.2, 0) is 4.74 Å². The van der Waals surface area contributed by atoms with Crippen LogP contribution in [-0.4, -0.2) is 79.0 Å². The summed E-state index contributed by atoms with van der Waals surface area (Å²) in [5.74, 6) is 0. The summed E-state index contributed by atoms with van der Waals surface area (Å²) >= 11 is 0. The monoisotopic (exact) mass is 347 g/mol. The Morgan fingerprint density at radius 2 is 1.96 bits per heavy atom. The van der Waals surface area contributed by atoms with E-state index in [4.69, 9.17) is 4.74 Å². The number of hydrogen-bond acceptors (Lipinski definition) is 5. The molecule has 3 unspecified atom stereocenters. The van der Waals surface area contributed by atoms with E-state index in [9.17, 15) is 5.11 Å². The quantitative estimate of drug-likeness (QED) is 0.783.